The van der Waals surface area contributed by atoms with Crippen LogP contribution >= 0.6 is 34.4 Å². The molecule has 7 heteroatoms. The highest BCUT2D eigenvalue weighted by molar-refractivity contribution is 14.1. The van der Waals surface area contributed by atoms with Crippen LogP contribution in [0.4, 0.5) is 5.69 Å². The lowest BCUT2D eigenvalue weighted by Gasteiger charge is -2.14. The van der Waals surface area contributed by atoms with Crippen LogP contribution in [0.2, 0.25) is 0 Å². The second-order valence-corrected chi connectivity index (χ2v) is 8.01. The van der Waals surface area contributed by atoms with E-state index in [1.807, 2.05) is 25.1 Å². The largest absolute Gasteiger partial charge is 0.325 e. The van der Waals surface area contributed by atoms with Crippen LogP contribution in [0.5, 0.6) is 0 Å². The SMILES string of the molecule is Cc1cc(I)ccc1NC(=O)CSc1nc2c(c(=O)[nH]1)CCCC2. The lowest BCUT2D eigenvalue weighted by Crippen LogP contribution is -2.22. The number of aromatic nitrogens is 2. The van der Waals surface area contributed by atoms with Gasteiger partial charge in [0.05, 0.1) is 11.4 Å². The van der Waals surface area contributed by atoms with Crippen molar-refractivity contribution in [3.63, 3.8) is 0 Å². The van der Waals surface area contributed by atoms with E-state index in [9.17, 15) is 9.59 Å². The average molecular weight is 455 g/mol. The summed E-state index contributed by atoms with van der Waals surface area (Å²) in [4.78, 5) is 31.5. The van der Waals surface area contributed by atoms with Crippen molar-refractivity contribution in [2.45, 2.75) is 37.8 Å². The number of carbonyl (C=O) groups is 1. The van der Waals surface area contributed by atoms with Gasteiger partial charge < -0.3 is 10.3 Å². The van der Waals surface area contributed by atoms with Crippen molar-refractivity contribution >= 4 is 45.9 Å². The first-order chi connectivity index (χ1) is 11.5. The van der Waals surface area contributed by atoms with E-state index in [1.165, 1.54) is 11.8 Å². The number of benzene rings is 1. The van der Waals surface area contributed by atoms with Crippen molar-refractivity contribution in [3.05, 3.63) is 48.9 Å². The molecule has 3 rings (SSSR count). The number of nitrogens with one attached hydrogen (secondary N) is 2. The van der Waals surface area contributed by atoms with E-state index in [4.69, 9.17) is 0 Å². The molecule has 0 radical (unpaired) electrons. The van der Waals surface area contributed by atoms with Gasteiger partial charge in [0, 0.05) is 14.8 Å². The maximum atomic E-state index is 12.1. The number of aryl methyl sites for hydroxylation is 2. The standard InChI is InChI=1S/C17H18IN3O2S/c1-10-8-11(18)6-7-13(10)19-15(22)9-24-17-20-14-5-3-2-4-12(14)16(23)21-17/h6-8H,2-5,9H2,1H3,(H,19,22)(H,20,21,23). The molecule has 0 fully saturated rings. The zero-order valence-electron chi connectivity index (χ0n) is 13.3. The molecule has 0 bridgehead atoms. The second-order valence-electron chi connectivity index (χ2n) is 5.80. The van der Waals surface area contributed by atoms with Crippen LogP contribution in [-0.2, 0) is 17.6 Å². The molecule has 2 N–H and O–H groups in total. The first-order valence-corrected chi connectivity index (χ1v) is 9.90. The lowest BCUT2D eigenvalue weighted by molar-refractivity contribution is -0.113. The minimum absolute atomic E-state index is 0.0592. The Morgan fingerprint density at radius 1 is 1.38 bits per heavy atom. The number of halogens is 1. The van der Waals surface area contributed by atoms with E-state index >= 15 is 0 Å². The van der Waals surface area contributed by atoms with Gasteiger partial charge in [0.25, 0.3) is 5.56 Å². The summed E-state index contributed by atoms with van der Waals surface area (Å²) in [5.41, 5.74) is 3.48. The summed E-state index contributed by atoms with van der Waals surface area (Å²) < 4.78 is 1.13. The number of aromatic amines is 1. The number of thioether (sulfide) groups is 1. The van der Waals surface area contributed by atoms with Gasteiger partial charge in [-0.05, 0) is 79.0 Å². The zero-order chi connectivity index (χ0) is 17.1. The summed E-state index contributed by atoms with van der Waals surface area (Å²) in [6.45, 7) is 1.97. The molecule has 24 heavy (non-hydrogen) atoms. The Labute approximate surface area is 158 Å². The van der Waals surface area contributed by atoms with Crippen molar-refractivity contribution in [2.24, 2.45) is 0 Å². The number of fused-ring (bicyclic) bond motifs is 1. The Morgan fingerprint density at radius 2 is 2.17 bits per heavy atom. The third-order valence-electron chi connectivity index (χ3n) is 3.97. The molecule has 0 atom stereocenters. The molecule has 0 unspecified atom stereocenters. The smallest absolute Gasteiger partial charge is 0.254 e. The normalized spacial score (nSPS) is 13.4. The van der Waals surface area contributed by atoms with E-state index in [-0.39, 0.29) is 17.2 Å². The van der Waals surface area contributed by atoms with Crippen LogP contribution in [0.1, 0.15) is 29.7 Å². The predicted molar refractivity (Wildman–Crippen MR) is 105 cm³/mol. The maximum absolute atomic E-state index is 12.1. The molecule has 1 aliphatic rings. The van der Waals surface area contributed by atoms with E-state index in [0.29, 0.717) is 5.16 Å². The number of nitrogens with zero attached hydrogens (tertiary/aromatic N) is 1. The number of hydrogen-bond acceptors (Lipinski definition) is 4. The van der Waals surface area contributed by atoms with Crippen molar-refractivity contribution < 1.29 is 4.79 Å². The van der Waals surface area contributed by atoms with Gasteiger partial charge in [-0.2, -0.15) is 0 Å². The van der Waals surface area contributed by atoms with Crippen LogP contribution < -0.4 is 10.9 Å². The highest BCUT2D eigenvalue weighted by atomic mass is 127. The number of carbonyl (C=O) groups excluding carboxylic acids is 1. The highest BCUT2D eigenvalue weighted by Gasteiger charge is 2.16. The van der Waals surface area contributed by atoms with Gasteiger partial charge in [-0.1, -0.05) is 11.8 Å². The fourth-order valence-corrected chi connectivity index (χ4v) is 4.06. The summed E-state index contributed by atoms with van der Waals surface area (Å²) in [5.74, 6) is 0.109. The number of amides is 1. The molecule has 1 aliphatic carbocycles. The molecule has 1 aromatic carbocycles. The van der Waals surface area contributed by atoms with E-state index in [1.54, 1.807) is 0 Å². The van der Waals surface area contributed by atoms with Gasteiger partial charge in [0.2, 0.25) is 5.91 Å². The first-order valence-electron chi connectivity index (χ1n) is 7.84. The number of hydrogen-bond donors (Lipinski definition) is 2. The zero-order valence-corrected chi connectivity index (χ0v) is 16.3. The Balaban J connectivity index is 1.64. The number of rotatable bonds is 4. The molecule has 1 aromatic heterocycles. The molecule has 0 saturated carbocycles. The molecule has 126 valence electrons. The molecule has 0 aliphatic heterocycles. The molecule has 1 amide bonds. The summed E-state index contributed by atoms with van der Waals surface area (Å²) in [6.07, 6.45) is 3.76. The second kappa shape index (κ2) is 7.69. The van der Waals surface area contributed by atoms with Gasteiger partial charge in [0.1, 0.15) is 0 Å². The molecule has 5 nitrogen and oxygen atoms in total. The predicted octanol–water partition coefficient (Wildman–Crippen LogP) is 3.29. The highest BCUT2D eigenvalue weighted by Crippen LogP contribution is 2.21. The van der Waals surface area contributed by atoms with Gasteiger partial charge in [-0.25, -0.2) is 4.98 Å². The minimum Gasteiger partial charge on any atom is -0.325 e. The Kier molecular flexibility index (Phi) is 5.60. The topological polar surface area (TPSA) is 74.8 Å². The first kappa shape index (κ1) is 17.5. The van der Waals surface area contributed by atoms with Gasteiger partial charge >= 0.3 is 0 Å². The Morgan fingerprint density at radius 3 is 2.96 bits per heavy atom. The average Bonchev–Trinajstić information content (AvgIpc) is 2.56. The Bertz CT molecular complexity index is 835. The van der Waals surface area contributed by atoms with Crippen LogP contribution in [0, 0.1) is 10.5 Å². The van der Waals surface area contributed by atoms with E-state index in [2.05, 4.69) is 37.9 Å². The number of H-pyrrole nitrogens is 1. The lowest BCUT2D eigenvalue weighted by atomic mass is 9.97. The van der Waals surface area contributed by atoms with Crippen LogP contribution in [-0.4, -0.2) is 21.6 Å². The van der Waals surface area contributed by atoms with Crippen molar-refractivity contribution in [1.82, 2.24) is 9.97 Å². The summed E-state index contributed by atoms with van der Waals surface area (Å²) in [7, 11) is 0. The monoisotopic (exact) mass is 455 g/mol. The molecule has 1 heterocycles. The molecular weight excluding hydrogens is 437 g/mol. The maximum Gasteiger partial charge on any atom is 0.254 e. The van der Waals surface area contributed by atoms with Gasteiger partial charge in [0.15, 0.2) is 5.16 Å². The van der Waals surface area contributed by atoms with E-state index in [0.717, 1.165) is 51.8 Å². The fourth-order valence-electron chi connectivity index (χ4n) is 2.74. The van der Waals surface area contributed by atoms with Gasteiger partial charge in [-0.3, -0.25) is 9.59 Å². The van der Waals surface area contributed by atoms with Crippen molar-refractivity contribution in [2.75, 3.05) is 11.1 Å². The summed E-state index contributed by atoms with van der Waals surface area (Å²) in [6, 6.07) is 5.88. The molecule has 0 spiro atoms. The van der Waals surface area contributed by atoms with Crippen molar-refractivity contribution in [1.29, 1.82) is 0 Å². The van der Waals surface area contributed by atoms with Crippen molar-refractivity contribution in [3.8, 4) is 0 Å². The molecule has 2 aromatic rings. The number of anilines is 1. The van der Waals surface area contributed by atoms with Gasteiger partial charge in [-0.15, -0.1) is 0 Å². The quantitative estimate of drug-likeness (QED) is 0.422. The third-order valence-corrected chi connectivity index (χ3v) is 5.52. The van der Waals surface area contributed by atoms with Crippen LogP contribution in [0.15, 0.2) is 28.2 Å². The summed E-state index contributed by atoms with van der Waals surface area (Å²) in [5, 5.41) is 3.42. The Hall–Kier alpha value is -1.35. The third kappa shape index (κ3) is 4.18. The molecular formula is C17H18IN3O2S. The van der Waals surface area contributed by atoms with Crippen LogP contribution in [0.25, 0.3) is 0 Å². The summed E-state index contributed by atoms with van der Waals surface area (Å²) >= 11 is 3.50. The fraction of sp³-hybridized carbons (Fsp3) is 0.353. The minimum atomic E-state index is -0.107. The molecule has 0 saturated heterocycles. The van der Waals surface area contributed by atoms with E-state index < -0.39 is 0 Å². The van der Waals surface area contributed by atoms with Crippen LogP contribution in [0.3, 0.4) is 0 Å².